The molecule has 0 aliphatic carbocycles. The van der Waals surface area contributed by atoms with Crippen LogP contribution in [-0.2, 0) is 4.74 Å². The molecular weight excluding hydrogens is 148 g/mol. The SMILES string of the molecule is CC[C]1COC1c1ccccc1. The Hall–Kier alpha value is -0.820. The van der Waals surface area contributed by atoms with Crippen LogP contribution in [0.3, 0.4) is 0 Å². The molecule has 63 valence electrons. The Bertz CT molecular complexity index is 240. The molecule has 1 atom stereocenters. The van der Waals surface area contributed by atoms with Gasteiger partial charge in [0.25, 0.3) is 0 Å². The van der Waals surface area contributed by atoms with Crippen molar-refractivity contribution in [1.29, 1.82) is 0 Å². The first-order chi connectivity index (χ1) is 5.92. The molecule has 1 heterocycles. The van der Waals surface area contributed by atoms with Crippen LogP contribution in [0.4, 0.5) is 0 Å². The lowest BCUT2D eigenvalue weighted by atomic mass is 9.90. The first-order valence-corrected chi connectivity index (χ1v) is 4.43. The van der Waals surface area contributed by atoms with Crippen LogP contribution in [0.5, 0.6) is 0 Å². The van der Waals surface area contributed by atoms with E-state index < -0.39 is 0 Å². The van der Waals surface area contributed by atoms with Crippen molar-refractivity contribution in [3.8, 4) is 0 Å². The number of hydrogen-bond acceptors (Lipinski definition) is 1. The van der Waals surface area contributed by atoms with E-state index in [-0.39, 0.29) is 6.10 Å². The van der Waals surface area contributed by atoms with Crippen molar-refractivity contribution in [2.75, 3.05) is 6.61 Å². The molecule has 0 bridgehead atoms. The summed E-state index contributed by atoms with van der Waals surface area (Å²) in [6.07, 6.45) is 1.43. The molecule has 1 heteroatoms. The molecule has 1 aliphatic heterocycles. The van der Waals surface area contributed by atoms with Crippen molar-refractivity contribution in [3.63, 3.8) is 0 Å². The predicted molar refractivity (Wildman–Crippen MR) is 48.7 cm³/mol. The molecule has 0 spiro atoms. The lowest BCUT2D eigenvalue weighted by molar-refractivity contribution is -0.0269. The molecule has 0 N–H and O–H groups in total. The van der Waals surface area contributed by atoms with Gasteiger partial charge in [0, 0.05) is 5.92 Å². The summed E-state index contributed by atoms with van der Waals surface area (Å²) < 4.78 is 5.48. The van der Waals surface area contributed by atoms with Crippen LogP contribution in [0.15, 0.2) is 30.3 Å². The third-order valence-electron chi connectivity index (χ3n) is 2.36. The average molecular weight is 161 g/mol. The van der Waals surface area contributed by atoms with Gasteiger partial charge in [0.2, 0.25) is 0 Å². The fraction of sp³-hybridized carbons (Fsp3) is 0.364. The van der Waals surface area contributed by atoms with Gasteiger partial charge >= 0.3 is 0 Å². The van der Waals surface area contributed by atoms with E-state index in [2.05, 4.69) is 31.2 Å². The zero-order valence-corrected chi connectivity index (χ0v) is 7.29. The second-order valence-corrected chi connectivity index (χ2v) is 3.11. The van der Waals surface area contributed by atoms with Crippen molar-refractivity contribution in [2.24, 2.45) is 0 Å². The zero-order chi connectivity index (χ0) is 8.39. The van der Waals surface area contributed by atoms with Crippen molar-refractivity contribution in [1.82, 2.24) is 0 Å². The quantitative estimate of drug-likeness (QED) is 0.648. The van der Waals surface area contributed by atoms with Crippen LogP contribution in [0.25, 0.3) is 0 Å². The van der Waals surface area contributed by atoms with Crippen LogP contribution in [0.1, 0.15) is 25.0 Å². The van der Waals surface area contributed by atoms with Crippen LogP contribution in [0, 0.1) is 5.92 Å². The van der Waals surface area contributed by atoms with E-state index in [1.165, 1.54) is 11.5 Å². The monoisotopic (exact) mass is 161 g/mol. The van der Waals surface area contributed by atoms with Gasteiger partial charge in [-0.1, -0.05) is 37.3 Å². The maximum Gasteiger partial charge on any atom is 0.0910 e. The van der Waals surface area contributed by atoms with Gasteiger partial charge in [0.1, 0.15) is 0 Å². The van der Waals surface area contributed by atoms with Gasteiger partial charge in [-0.25, -0.2) is 0 Å². The smallest absolute Gasteiger partial charge is 0.0910 e. The third-order valence-corrected chi connectivity index (χ3v) is 2.36. The molecule has 0 aromatic heterocycles. The van der Waals surface area contributed by atoms with E-state index in [1.807, 2.05) is 6.07 Å². The normalized spacial score (nSPS) is 23.6. The second kappa shape index (κ2) is 3.28. The average Bonchev–Trinajstić information content (AvgIpc) is 2.05. The van der Waals surface area contributed by atoms with E-state index in [0.717, 1.165) is 13.0 Å². The highest BCUT2D eigenvalue weighted by Gasteiger charge is 2.31. The first kappa shape index (κ1) is 7.81. The van der Waals surface area contributed by atoms with Gasteiger partial charge in [-0.3, -0.25) is 0 Å². The summed E-state index contributed by atoms with van der Waals surface area (Å²) in [5.74, 6) is 1.52. The van der Waals surface area contributed by atoms with E-state index in [0.29, 0.717) is 0 Å². The Morgan fingerprint density at radius 3 is 2.58 bits per heavy atom. The van der Waals surface area contributed by atoms with Crippen LogP contribution < -0.4 is 0 Å². The molecule has 1 aliphatic rings. The fourth-order valence-corrected chi connectivity index (χ4v) is 1.53. The minimum atomic E-state index is 0.288. The van der Waals surface area contributed by atoms with Crippen molar-refractivity contribution in [2.45, 2.75) is 19.4 Å². The summed E-state index contributed by atoms with van der Waals surface area (Å²) >= 11 is 0. The molecule has 0 saturated carbocycles. The van der Waals surface area contributed by atoms with Gasteiger partial charge < -0.3 is 4.74 Å². The third kappa shape index (κ3) is 1.25. The van der Waals surface area contributed by atoms with Crippen LogP contribution in [-0.4, -0.2) is 6.61 Å². The molecule has 1 aromatic carbocycles. The highest BCUT2D eigenvalue weighted by atomic mass is 16.5. The number of hydrogen-bond donors (Lipinski definition) is 0. The maximum atomic E-state index is 5.48. The van der Waals surface area contributed by atoms with E-state index in [4.69, 9.17) is 4.74 Å². The summed E-state index contributed by atoms with van der Waals surface area (Å²) in [6.45, 7) is 3.05. The van der Waals surface area contributed by atoms with Crippen LogP contribution in [0.2, 0.25) is 0 Å². The molecule has 0 amide bonds. The largest absolute Gasteiger partial charge is 0.372 e. The van der Waals surface area contributed by atoms with E-state index in [9.17, 15) is 0 Å². The first-order valence-electron chi connectivity index (χ1n) is 4.43. The molecule has 2 rings (SSSR count). The minimum absolute atomic E-state index is 0.288. The number of benzene rings is 1. The van der Waals surface area contributed by atoms with E-state index >= 15 is 0 Å². The van der Waals surface area contributed by atoms with Crippen molar-refractivity contribution >= 4 is 0 Å². The molecule has 1 nitrogen and oxygen atoms in total. The maximum absolute atomic E-state index is 5.48. The number of rotatable bonds is 2. The Morgan fingerprint density at radius 1 is 1.33 bits per heavy atom. The lowest BCUT2D eigenvalue weighted by Crippen LogP contribution is -2.29. The summed E-state index contributed by atoms with van der Waals surface area (Å²) in [5.41, 5.74) is 1.29. The summed E-state index contributed by atoms with van der Waals surface area (Å²) in [7, 11) is 0. The molecule has 12 heavy (non-hydrogen) atoms. The Balaban J connectivity index is 2.11. The summed E-state index contributed by atoms with van der Waals surface area (Å²) in [5, 5.41) is 0. The zero-order valence-electron chi connectivity index (χ0n) is 7.29. The highest BCUT2D eigenvalue weighted by molar-refractivity contribution is 5.26. The van der Waals surface area contributed by atoms with E-state index in [1.54, 1.807) is 0 Å². The fourth-order valence-electron chi connectivity index (χ4n) is 1.53. The molecule has 1 radical (unpaired) electrons. The van der Waals surface area contributed by atoms with Gasteiger partial charge in [-0.15, -0.1) is 0 Å². The molecule has 1 saturated heterocycles. The Kier molecular flexibility index (Phi) is 2.13. The Morgan fingerprint density at radius 2 is 2.08 bits per heavy atom. The molecule has 1 aromatic rings. The Labute approximate surface area is 73.4 Å². The molecule has 1 fully saturated rings. The minimum Gasteiger partial charge on any atom is -0.372 e. The highest BCUT2D eigenvalue weighted by Crippen LogP contribution is 2.38. The van der Waals surface area contributed by atoms with Crippen molar-refractivity contribution < 1.29 is 4.74 Å². The summed E-state index contributed by atoms with van der Waals surface area (Å²) in [4.78, 5) is 0. The predicted octanol–water partition coefficient (Wildman–Crippen LogP) is 2.74. The molecular formula is C11H13O. The van der Waals surface area contributed by atoms with Crippen LogP contribution >= 0.6 is 0 Å². The topological polar surface area (TPSA) is 9.23 Å². The van der Waals surface area contributed by atoms with Gasteiger partial charge in [-0.2, -0.15) is 0 Å². The standard InChI is InChI=1S/C11H13O/c1-2-9-8-12-11(9)10-6-4-3-5-7-10/h3-7,11H,2,8H2,1H3. The molecule has 1 unspecified atom stereocenters. The van der Waals surface area contributed by atoms with Gasteiger partial charge in [-0.05, 0) is 12.0 Å². The van der Waals surface area contributed by atoms with Gasteiger partial charge in [0.05, 0.1) is 12.7 Å². The second-order valence-electron chi connectivity index (χ2n) is 3.11. The van der Waals surface area contributed by atoms with Gasteiger partial charge in [0.15, 0.2) is 0 Å². The number of ether oxygens (including phenoxy) is 1. The van der Waals surface area contributed by atoms with Crippen molar-refractivity contribution in [3.05, 3.63) is 41.8 Å². The summed E-state index contributed by atoms with van der Waals surface area (Å²) in [6, 6.07) is 10.4. The lowest BCUT2D eigenvalue weighted by Gasteiger charge is -2.35.